The number of hydrogen-bond acceptors (Lipinski definition) is 5. The van der Waals surface area contributed by atoms with Gasteiger partial charge in [-0.2, -0.15) is 0 Å². The Morgan fingerprint density at radius 3 is 0.938 bits per heavy atom. The minimum absolute atomic E-state index is 0.0608. The summed E-state index contributed by atoms with van der Waals surface area (Å²) in [6.45, 7) is 4.18. The fourth-order valence-electron chi connectivity index (χ4n) is 8.62. The predicted molar refractivity (Wildman–Crippen MR) is 279 cm³/mol. The highest BCUT2D eigenvalue weighted by Gasteiger charge is 2.16. The highest BCUT2D eigenvalue weighted by Crippen LogP contribution is 2.17. The second-order valence-corrected chi connectivity index (χ2v) is 19.4. The Labute approximate surface area is 399 Å². The molecule has 0 aromatic carbocycles. The molecule has 0 amide bonds. The van der Waals surface area contributed by atoms with Gasteiger partial charge in [0.05, 0.1) is 6.61 Å². The maximum atomic E-state index is 12.3. The molecule has 0 fully saturated rings. The van der Waals surface area contributed by atoms with E-state index in [0.717, 1.165) is 44.9 Å². The summed E-state index contributed by atoms with van der Waals surface area (Å²) in [6.07, 6.45) is 71.2. The molecule has 376 valence electrons. The Morgan fingerprint density at radius 2 is 0.625 bits per heavy atom. The molecule has 0 aliphatic rings. The van der Waals surface area contributed by atoms with Crippen molar-refractivity contribution in [1.82, 2.24) is 0 Å². The van der Waals surface area contributed by atoms with Gasteiger partial charge in [0.2, 0.25) is 0 Å². The lowest BCUT2D eigenvalue weighted by Gasteiger charge is -2.15. The molecule has 0 aliphatic carbocycles. The SMILES string of the molecule is CCCCCCC/C=C\C/C=C\C/C=C\CCCCCCCCCCCCCCCCC(=O)OC(CO)COC(=O)CCCCCCCCCCCCCCCCCCCCCCC. The van der Waals surface area contributed by atoms with Gasteiger partial charge in [0.1, 0.15) is 6.61 Å². The van der Waals surface area contributed by atoms with Crippen LogP contribution in [0.3, 0.4) is 0 Å². The third kappa shape index (κ3) is 52.7. The molecule has 5 heteroatoms. The van der Waals surface area contributed by atoms with Crippen molar-refractivity contribution in [3.05, 3.63) is 36.5 Å². The first-order valence-corrected chi connectivity index (χ1v) is 28.5. The molecule has 5 nitrogen and oxygen atoms in total. The van der Waals surface area contributed by atoms with Crippen LogP contribution in [0.25, 0.3) is 0 Å². The maximum Gasteiger partial charge on any atom is 0.306 e. The molecule has 1 N–H and O–H groups in total. The summed E-state index contributed by atoms with van der Waals surface area (Å²) in [7, 11) is 0. The normalized spacial score (nSPS) is 12.4. The smallest absolute Gasteiger partial charge is 0.306 e. The quantitative estimate of drug-likeness (QED) is 0.0374. The molecule has 0 saturated carbocycles. The van der Waals surface area contributed by atoms with E-state index < -0.39 is 6.10 Å². The predicted octanol–water partition coefficient (Wildman–Crippen LogP) is 19.1. The van der Waals surface area contributed by atoms with Crippen molar-refractivity contribution in [2.75, 3.05) is 13.2 Å². The van der Waals surface area contributed by atoms with Crippen molar-refractivity contribution in [3.8, 4) is 0 Å². The molecule has 0 spiro atoms. The lowest BCUT2D eigenvalue weighted by atomic mass is 10.0. The minimum atomic E-state index is -0.770. The highest BCUT2D eigenvalue weighted by molar-refractivity contribution is 5.70. The summed E-state index contributed by atoms with van der Waals surface area (Å²) in [4.78, 5) is 24.5. The lowest BCUT2D eigenvalue weighted by molar-refractivity contribution is -0.161. The topological polar surface area (TPSA) is 72.8 Å². The average molecular weight is 900 g/mol. The van der Waals surface area contributed by atoms with Gasteiger partial charge in [-0.15, -0.1) is 0 Å². The summed E-state index contributed by atoms with van der Waals surface area (Å²) in [6, 6.07) is 0. The van der Waals surface area contributed by atoms with Gasteiger partial charge >= 0.3 is 11.9 Å². The number of hydrogen-bond donors (Lipinski definition) is 1. The van der Waals surface area contributed by atoms with E-state index in [1.165, 1.54) is 238 Å². The second-order valence-electron chi connectivity index (χ2n) is 19.4. The van der Waals surface area contributed by atoms with Crippen LogP contribution in [0, 0.1) is 0 Å². The standard InChI is InChI=1S/C59H110O5/c1-3-5-7-9-11-13-15-17-19-21-23-25-26-27-28-29-30-31-32-34-36-38-40-42-44-46-48-50-52-54-59(62)64-57(55-60)56-63-58(61)53-51-49-47-45-43-41-39-37-35-33-24-22-20-18-16-14-12-10-8-6-4-2/h15,17,21,23,26-27,57,60H,3-14,16,18-20,22,24-25,28-56H2,1-2H3/b17-15-,23-21-,27-26-. The zero-order valence-corrected chi connectivity index (χ0v) is 43.1. The fraction of sp³-hybridized carbons (Fsp3) is 0.864. The highest BCUT2D eigenvalue weighted by atomic mass is 16.6. The summed E-state index contributed by atoms with van der Waals surface area (Å²) in [5.41, 5.74) is 0. The van der Waals surface area contributed by atoms with Crippen LogP contribution >= 0.6 is 0 Å². The van der Waals surface area contributed by atoms with E-state index in [-0.39, 0.29) is 25.2 Å². The molecule has 0 aliphatic heterocycles. The Kier molecular flexibility index (Phi) is 53.8. The van der Waals surface area contributed by atoms with Gasteiger partial charge < -0.3 is 14.6 Å². The van der Waals surface area contributed by atoms with Crippen LogP contribution in [0.2, 0.25) is 0 Å². The van der Waals surface area contributed by atoms with Crippen molar-refractivity contribution in [2.45, 2.75) is 315 Å². The summed E-state index contributed by atoms with van der Waals surface area (Å²) in [5.74, 6) is -0.573. The number of esters is 2. The number of rotatable bonds is 53. The largest absolute Gasteiger partial charge is 0.462 e. The van der Waals surface area contributed by atoms with E-state index in [4.69, 9.17) is 9.47 Å². The molecule has 1 atom stereocenters. The van der Waals surface area contributed by atoms with Gasteiger partial charge in [-0.25, -0.2) is 0 Å². The zero-order valence-electron chi connectivity index (χ0n) is 43.1. The third-order valence-electron chi connectivity index (χ3n) is 12.9. The van der Waals surface area contributed by atoms with Crippen LogP contribution in [-0.4, -0.2) is 36.4 Å². The van der Waals surface area contributed by atoms with Gasteiger partial charge in [0.25, 0.3) is 0 Å². The molecule has 0 radical (unpaired) electrons. The maximum absolute atomic E-state index is 12.3. The fourth-order valence-corrected chi connectivity index (χ4v) is 8.62. The Balaban J connectivity index is 3.45. The van der Waals surface area contributed by atoms with E-state index in [0.29, 0.717) is 12.8 Å². The number of carbonyl (C=O) groups excluding carboxylic acids is 2. The van der Waals surface area contributed by atoms with Crippen LogP contribution in [0.5, 0.6) is 0 Å². The minimum Gasteiger partial charge on any atom is -0.462 e. The van der Waals surface area contributed by atoms with E-state index in [2.05, 4.69) is 50.3 Å². The average Bonchev–Trinajstić information content (AvgIpc) is 3.30. The number of allylic oxidation sites excluding steroid dienone is 6. The van der Waals surface area contributed by atoms with Crippen LogP contribution in [0.15, 0.2) is 36.5 Å². The molecule has 0 saturated heterocycles. The van der Waals surface area contributed by atoms with Gasteiger partial charge in [-0.05, 0) is 51.4 Å². The zero-order chi connectivity index (χ0) is 46.3. The van der Waals surface area contributed by atoms with Gasteiger partial charge in [0, 0.05) is 12.8 Å². The van der Waals surface area contributed by atoms with Crippen LogP contribution in [0.1, 0.15) is 309 Å². The molecule has 64 heavy (non-hydrogen) atoms. The Bertz CT molecular complexity index is 1020. The van der Waals surface area contributed by atoms with Crippen LogP contribution in [-0.2, 0) is 19.1 Å². The van der Waals surface area contributed by atoms with E-state index in [9.17, 15) is 14.7 Å². The van der Waals surface area contributed by atoms with Crippen molar-refractivity contribution < 1.29 is 24.2 Å². The number of carbonyl (C=O) groups is 2. The van der Waals surface area contributed by atoms with Crippen LogP contribution in [0.4, 0.5) is 0 Å². The first kappa shape index (κ1) is 62.1. The monoisotopic (exact) mass is 899 g/mol. The molecule has 0 aromatic rings. The number of aliphatic hydroxyl groups excluding tert-OH is 1. The number of ether oxygens (including phenoxy) is 2. The van der Waals surface area contributed by atoms with Crippen molar-refractivity contribution in [2.24, 2.45) is 0 Å². The Morgan fingerprint density at radius 1 is 0.359 bits per heavy atom. The van der Waals surface area contributed by atoms with E-state index >= 15 is 0 Å². The molecule has 1 unspecified atom stereocenters. The Hall–Kier alpha value is -1.88. The third-order valence-corrected chi connectivity index (χ3v) is 12.9. The molecular weight excluding hydrogens is 789 g/mol. The van der Waals surface area contributed by atoms with Crippen molar-refractivity contribution >= 4 is 11.9 Å². The van der Waals surface area contributed by atoms with Crippen LogP contribution < -0.4 is 0 Å². The second kappa shape index (κ2) is 55.4. The summed E-state index contributed by atoms with van der Waals surface area (Å²) < 4.78 is 10.7. The molecule has 0 aromatic heterocycles. The molecular formula is C59H110O5. The first-order chi connectivity index (χ1) is 31.6. The van der Waals surface area contributed by atoms with Crippen molar-refractivity contribution in [1.29, 1.82) is 0 Å². The number of aliphatic hydroxyl groups is 1. The lowest BCUT2D eigenvalue weighted by Crippen LogP contribution is -2.28. The molecule has 0 heterocycles. The summed E-state index contributed by atoms with van der Waals surface area (Å²) in [5, 5.41) is 9.65. The van der Waals surface area contributed by atoms with Gasteiger partial charge in [-0.3, -0.25) is 9.59 Å². The van der Waals surface area contributed by atoms with E-state index in [1.54, 1.807) is 0 Å². The first-order valence-electron chi connectivity index (χ1n) is 28.5. The molecule has 0 rings (SSSR count). The summed E-state index contributed by atoms with van der Waals surface area (Å²) >= 11 is 0. The number of unbranched alkanes of at least 4 members (excludes halogenated alkanes) is 39. The van der Waals surface area contributed by atoms with E-state index in [1.807, 2.05) is 0 Å². The van der Waals surface area contributed by atoms with Gasteiger partial charge in [-0.1, -0.05) is 281 Å². The molecule has 0 bridgehead atoms. The van der Waals surface area contributed by atoms with Gasteiger partial charge in [0.15, 0.2) is 6.10 Å². The van der Waals surface area contributed by atoms with Crippen molar-refractivity contribution in [3.63, 3.8) is 0 Å².